The second kappa shape index (κ2) is 4.16. The number of hydrogen-bond donors (Lipinski definition) is 2. The molecule has 0 aliphatic heterocycles. The minimum atomic E-state index is -0.808. The van der Waals surface area contributed by atoms with Crippen molar-refractivity contribution in [2.75, 3.05) is 5.32 Å². The van der Waals surface area contributed by atoms with E-state index < -0.39 is 17.2 Å². The standard InChI is InChI=1S/C11H6F2N4O2/c12-5-1-2-7(6(13)3-5)14-9-4-8-10(15-11(9)18)17-19-16-8/h1-4,14H,(H,15,17,18). The zero-order chi connectivity index (χ0) is 13.4. The molecule has 6 nitrogen and oxygen atoms in total. The SMILES string of the molecule is O=c1[nH]c2nonc2cc1Nc1ccc(F)cc1F. The van der Waals surface area contributed by atoms with Crippen molar-refractivity contribution in [1.29, 1.82) is 0 Å². The number of anilines is 2. The van der Waals surface area contributed by atoms with Crippen LogP contribution in [0, 0.1) is 11.6 Å². The van der Waals surface area contributed by atoms with E-state index in [0.29, 0.717) is 11.6 Å². The van der Waals surface area contributed by atoms with Crippen LogP contribution in [0.2, 0.25) is 0 Å². The summed E-state index contributed by atoms with van der Waals surface area (Å²) in [4.78, 5) is 14.1. The molecule has 0 saturated carbocycles. The molecule has 2 aromatic heterocycles. The van der Waals surface area contributed by atoms with E-state index in [2.05, 4.69) is 25.2 Å². The molecule has 0 aliphatic rings. The molecule has 3 rings (SSSR count). The molecule has 19 heavy (non-hydrogen) atoms. The summed E-state index contributed by atoms with van der Waals surface area (Å²) in [6, 6.07) is 4.34. The Kier molecular flexibility index (Phi) is 2.48. The molecule has 1 aromatic carbocycles. The number of benzene rings is 1. The van der Waals surface area contributed by atoms with Crippen LogP contribution < -0.4 is 10.9 Å². The van der Waals surface area contributed by atoms with Gasteiger partial charge in [-0.15, -0.1) is 0 Å². The van der Waals surface area contributed by atoms with Gasteiger partial charge in [0.15, 0.2) is 5.52 Å². The zero-order valence-corrected chi connectivity index (χ0v) is 9.28. The quantitative estimate of drug-likeness (QED) is 0.738. The summed E-state index contributed by atoms with van der Waals surface area (Å²) >= 11 is 0. The first kappa shape index (κ1) is 11.3. The molecule has 3 aromatic rings. The monoisotopic (exact) mass is 264 g/mol. The highest BCUT2D eigenvalue weighted by Gasteiger charge is 2.09. The maximum absolute atomic E-state index is 13.5. The maximum atomic E-state index is 13.5. The number of H-pyrrole nitrogens is 1. The molecule has 0 atom stereocenters. The summed E-state index contributed by atoms with van der Waals surface area (Å²) in [7, 11) is 0. The highest BCUT2D eigenvalue weighted by atomic mass is 19.1. The summed E-state index contributed by atoms with van der Waals surface area (Å²) in [5, 5.41) is 9.57. The first-order chi connectivity index (χ1) is 9.13. The van der Waals surface area contributed by atoms with Crippen molar-refractivity contribution in [2.24, 2.45) is 0 Å². The van der Waals surface area contributed by atoms with E-state index in [4.69, 9.17) is 0 Å². The number of aromatic nitrogens is 3. The van der Waals surface area contributed by atoms with Gasteiger partial charge in [0.2, 0.25) is 5.65 Å². The average molecular weight is 264 g/mol. The van der Waals surface area contributed by atoms with Crippen molar-refractivity contribution in [3.05, 3.63) is 46.3 Å². The fraction of sp³-hybridized carbons (Fsp3) is 0. The van der Waals surface area contributed by atoms with E-state index in [1.165, 1.54) is 12.1 Å². The minimum absolute atomic E-state index is 0.0253. The maximum Gasteiger partial charge on any atom is 0.273 e. The highest BCUT2D eigenvalue weighted by Crippen LogP contribution is 2.19. The smallest absolute Gasteiger partial charge is 0.273 e. The zero-order valence-electron chi connectivity index (χ0n) is 9.28. The molecule has 0 radical (unpaired) electrons. The Balaban J connectivity index is 2.04. The van der Waals surface area contributed by atoms with Crippen LogP contribution in [0.15, 0.2) is 33.7 Å². The van der Waals surface area contributed by atoms with Crippen molar-refractivity contribution in [2.45, 2.75) is 0 Å². The van der Waals surface area contributed by atoms with Gasteiger partial charge in [0.25, 0.3) is 5.56 Å². The number of nitrogens with one attached hydrogen (secondary N) is 2. The van der Waals surface area contributed by atoms with Crippen molar-refractivity contribution in [1.82, 2.24) is 15.3 Å². The molecule has 0 amide bonds. The normalized spacial score (nSPS) is 10.8. The van der Waals surface area contributed by atoms with Gasteiger partial charge < -0.3 is 10.3 Å². The van der Waals surface area contributed by atoms with E-state index in [1.807, 2.05) is 0 Å². The van der Waals surface area contributed by atoms with E-state index in [-0.39, 0.29) is 17.0 Å². The lowest BCUT2D eigenvalue weighted by Gasteiger charge is -2.06. The van der Waals surface area contributed by atoms with Gasteiger partial charge in [-0.1, -0.05) is 0 Å². The van der Waals surface area contributed by atoms with Gasteiger partial charge in [-0.05, 0) is 22.4 Å². The fourth-order valence-corrected chi connectivity index (χ4v) is 1.58. The van der Waals surface area contributed by atoms with Crippen LogP contribution in [0.25, 0.3) is 11.2 Å². The summed E-state index contributed by atoms with van der Waals surface area (Å²) in [5.41, 5.74) is 0.00286. The average Bonchev–Trinajstić information content (AvgIpc) is 2.80. The highest BCUT2D eigenvalue weighted by molar-refractivity contribution is 5.74. The summed E-state index contributed by atoms with van der Waals surface area (Å²) in [5.74, 6) is -1.51. The Morgan fingerprint density at radius 2 is 2.00 bits per heavy atom. The van der Waals surface area contributed by atoms with Crippen LogP contribution in [0.3, 0.4) is 0 Å². The number of rotatable bonds is 2. The van der Waals surface area contributed by atoms with Crippen LogP contribution in [0.1, 0.15) is 0 Å². The van der Waals surface area contributed by atoms with Crippen molar-refractivity contribution in [3.8, 4) is 0 Å². The molecule has 0 fully saturated rings. The number of pyridine rings is 1. The fourth-order valence-electron chi connectivity index (χ4n) is 1.58. The first-order valence-corrected chi connectivity index (χ1v) is 5.21. The Bertz CT molecular complexity index is 812. The summed E-state index contributed by atoms with van der Waals surface area (Å²) < 4.78 is 30.7. The Hall–Kier alpha value is -2.77. The first-order valence-electron chi connectivity index (χ1n) is 5.21. The van der Waals surface area contributed by atoms with Crippen LogP contribution >= 0.6 is 0 Å². The lowest BCUT2D eigenvalue weighted by molar-refractivity contribution is 0.314. The van der Waals surface area contributed by atoms with Crippen molar-refractivity contribution >= 4 is 22.5 Å². The van der Waals surface area contributed by atoms with Crippen LogP contribution in [-0.4, -0.2) is 15.3 Å². The van der Waals surface area contributed by atoms with Gasteiger partial charge >= 0.3 is 0 Å². The van der Waals surface area contributed by atoms with E-state index in [1.54, 1.807) is 0 Å². The van der Waals surface area contributed by atoms with Gasteiger partial charge in [-0.25, -0.2) is 13.4 Å². The Morgan fingerprint density at radius 1 is 1.16 bits per heavy atom. The van der Waals surface area contributed by atoms with E-state index >= 15 is 0 Å². The van der Waals surface area contributed by atoms with Gasteiger partial charge in [0, 0.05) is 12.1 Å². The topological polar surface area (TPSA) is 83.8 Å². The van der Waals surface area contributed by atoms with E-state index in [0.717, 1.165) is 6.07 Å². The third-order valence-electron chi connectivity index (χ3n) is 2.47. The van der Waals surface area contributed by atoms with Crippen LogP contribution in [0.5, 0.6) is 0 Å². The summed E-state index contributed by atoms with van der Waals surface area (Å²) in [6.45, 7) is 0. The molecular formula is C11H6F2N4O2. The molecule has 0 bridgehead atoms. The molecule has 0 spiro atoms. The number of nitrogens with zero attached hydrogens (tertiary/aromatic N) is 2. The number of fused-ring (bicyclic) bond motifs is 1. The Morgan fingerprint density at radius 3 is 2.79 bits per heavy atom. The van der Waals surface area contributed by atoms with Gasteiger partial charge in [-0.3, -0.25) is 4.79 Å². The number of aromatic amines is 1. The predicted molar refractivity (Wildman–Crippen MR) is 62.1 cm³/mol. The van der Waals surface area contributed by atoms with Gasteiger partial charge in [0.05, 0.1) is 5.69 Å². The number of hydrogen-bond acceptors (Lipinski definition) is 5. The van der Waals surface area contributed by atoms with Crippen molar-refractivity contribution < 1.29 is 13.4 Å². The second-order valence-corrected chi connectivity index (χ2v) is 3.76. The summed E-state index contributed by atoms with van der Waals surface area (Å²) in [6.07, 6.45) is 0. The van der Waals surface area contributed by atoms with Crippen molar-refractivity contribution in [3.63, 3.8) is 0 Å². The molecule has 2 heterocycles. The molecular weight excluding hydrogens is 258 g/mol. The third-order valence-corrected chi connectivity index (χ3v) is 2.47. The molecule has 0 unspecified atom stereocenters. The van der Waals surface area contributed by atoms with Crippen LogP contribution in [0.4, 0.5) is 20.2 Å². The third kappa shape index (κ3) is 2.03. The lowest BCUT2D eigenvalue weighted by atomic mass is 10.2. The van der Waals surface area contributed by atoms with E-state index in [9.17, 15) is 13.6 Å². The van der Waals surface area contributed by atoms with Gasteiger partial charge in [0.1, 0.15) is 17.3 Å². The van der Waals surface area contributed by atoms with Crippen LogP contribution in [-0.2, 0) is 0 Å². The molecule has 0 saturated heterocycles. The molecule has 0 aliphatic carbocycles. The second-order valence-electron chi connectivity index (χ2n) is 3.76. The largest absolute Gasteiger partial charge is 0.349 e. The molecule has 96 valence electrons. The minimum Gasteiger partial charge on any atom is -0.349 e. The Labute approximate surface area is 104 Å². The predicted octanol–water partition coefficient (Wildman–Crippen LogP) is 1.93. The molecule has 2 N–H and O–H groups in total. The number of halogens is 2. The van der Waals surface area contributed by atoms with Gasteiger partial charge in [-0.2, -0.15) is 0 Å². The lowest BCUT2D eigenvalue weighted by Crippen LogP contribution is -2.11. The molecule has 8 heteroatoms.